The lowest BCUT2D eigenvalue weighted by atomic mass is 10.2. The molecule has 5 heteroatoms. The minimum atomic E-state index is -0.347. The van der Waals surface area contributed by atoms with Gasteiger partial charge in [-0.25, -0.2) is 4.39 Å². The molecule has 1 rings (SSSR count). The maximum absolute atomic E-state index is 13.2. The minimum Gasteiger partial charge on any atom is -0.376 e. The van der Waals surface area contributed by atoms with E-state index in [1.54, 1.807) is 12.1 Å². The van der Waals surface area contributed by atoms with Crippen LogP contribution in [0.3, 0.4) is 0 Å². The van der Waals surface area contributed by atoms with Gasteiger partial charge in [0, 0.05) is 11.7 Å². The van der Waals surface area contributed by atoms with Crippen LogP contribution in [-0.4, -0.2) is 18.5 Å². The summed E-state index contributed by atoms with van der Waals surface area (Å²) in [6.45, 7) is 4.20. The molecule has 2 N–H and O–H groups in total. The molecule has 100 valence electrons. The Balaban J connectivity index is 2.40. The summed E-state index contributed by atoms with van der Waals surface area (Å²) in [5, 5.41) is 5.76. The largest absolute Gasteiger partial charge is 0.376 e. The number of anilines is 1. The van der Waals surface area contributed by atoms with Gasteiger partial charge in [-0.15, -0.1) is 0 Å². The third kappa shape index (κ3) is 5.04. The zero-order chi connectivity index (χ0) is 13.5. The number of halogens is 2. The highest BCUT2D eigenvalue weighted by atomic mass is 79.9. The predicted octanol–water partition coefficient (Wildman–Crippen LogP) is 3.30. The molecule has 18 heavy (non-hydrogen) atoms. The summed E-state index contributed by atoms with van der Waals surface area (Å²) in [6, 6.07) is 4.85. The van der Waals surface area contributed by atoms with Gasteiger partial charge >= 0.3 is 0 Å². The van der Waals surface area contributed by atoms with Crippen molar-refractivity contribution in [2.45, 2.75) is 32.7 Å². The zero-order valence-corrected chi connectivity index (χ0v) is 12.2. The molecule has 1 aromatic carbocycles. The highest BCUT2D eigenvalue weighted by Gasteiger charge is 2.06. The van der Waals surface area contributed by atoms with Crippen LogP contribution < -0.4 is 10.6 Å². The average molecular weight is 317 g/mol. The molecule has 3 nitrogen and oxygen atoms in total. The van der Waals surface area contributed by atoms with Crippen molar-refractivity contribution in [3.63, 3.8) is 0 Å². The molecule has 0 saturated heterocycles. The summed E-state index contributed by atoms with van der Waals surface area (Å²) in [6.07, 6.45) is 1.99. The molecule has 0 fully saturated rings. The van der Waals surface area contributed by atoms with Crippen LogP contribution in [0.25, 0.3) is 0 Å². The second-order valence-electron chi connectivity index (χ2n) is 4.24. The van der Waals surface area contributed by atoms with Crippen molar-refractivity contribution in [3.8, 4) is 0 Å². The van der Waals surface area contributed by atoms with E-state index in [0.717, 1.165) is 12.8 Å². The van der Waals surface area contributed by atoms with Gasteiger partial charge in [0.1, 0.15) is 5.82 Å². The van der Waals surface area contributed by atoms with Crippen molar-refractivity contribution in [1.82, 2.24) is 5.32 Å². The van der Waals surface area contributed by atoms with Crippen molar-refractivity contribution in [1.29, 1.82) is 0 Å². The Morgan fingerprint density at radius 2 is 2.22 bits per heavy atom. The SMILES string of the molecule is CCCC(C)NC(=O)CNc1ccc(Br)c(F)c1. The van der Waals surface area contributed by atoms with E-state index in [2.05, 4.69) is 33.5 Å². The molecule has 0 aliphatic heterocycles. The van der Waals surface area contributed by atoms with Crippen molar-refractivity contribution < 1.29 is 9.18 Å². The van der Waals surface area contributed by atoms with Crippen molar-refractivity contribution in [2.75, 3.05) is 11.9 Å². The molecular weight excluding hydrogens is 299 g/mol. The summed E-state index contributed by atoms with van der Waals surface area (Å²) >= 11 is 3.08. The first kappa shape index (κ1) is 15.0. The topological polar surface area (TPSA) is 41.1 Å². The Hall–Kier alpha value is -1.10. The predicted molar refractivity (Wildman–Crippen MR) is 75.1 cm³/mol. The normalized spacial score (nSPS) is 12.0. The number of hydrogen-bond acceptors (Lipinski definition) is 2. The Labute approximate surface area is 115 Å². The lowest BCUT2D eigenvalue weighted by Gasteiger charge is -2.13. The van der Waals surface area contributed by atoms with Gasteiger partial charge in [0.15, 0.2) is 0 Å². The Morgan fingerprint density at radius 3 is 2.83 bits per heavy atom. The molecule has 1 amide bonds. The van der Waals surface area contributed by atoms with Crippen molar-refractivity contribution >= 4 is 27.5 Å². The maximum Gasteiger partial charge on any atom is 0.239 e. The van der Waals surface area contributed by atoms with Crippen LogP contribution in [0.5, 0.6) is 0 Å². The Kier molecular flexibility index (Phi) is 6.12. The maximum atomic E-state index is 13.2. The standard InChI is InChI=1S/C13H18BrFN2O/c1-3-4-9(2)17-13(18)8-16-10-5-6-11(14)12(15)7-10/h5-7,9,16H,3-4,8H2,1-2H3,(H,17,18). The monoisotopic (exact) mass is 316 g/mol. The lowest BCUT2D eigenvalue weighted by molar-refractivity contribution is -0.120. The van der Waals surface area contributed by atoms with Gasteiger partial charge in [0.2, 0.25) is 5.91 Å². The van der Waals surface area contributed by atoms with Gasteiger partial charge in [0.05, 0.1) is 11.0 Å². The van der Waals surface area contributed by atoms with Crippen LogP contribution in [0.2, 0.25) is 0 Å². The van der Waals surface area contributed by atoms with Crippen LogP contribution in [0.4, 0.5) is 10.1 Å². The van der Waals surface area contributed by atoms with Crippen LogP contribution in [0.15, 0.2) is 22.7 Å². The first-order chi connectivity index (χ1) is 8.52. The van der Waals surface area contributed by atoms with Crippen LogP contribution in [-0.2, 0) is 4.79 Å². The van der Waals surface area contributed by atoms with E-state index in [1.807, 2.05) is 6.92 Å². The number of amides is 1. The highest BCUT2D eigenvalue weighted by molar-refractivity contribution is 9.10. The molecule has 0 aromatic heterocycles. The summed E-state index contributed by atoms with van der Waals surface area (Å²) in [7, 11) is 0. The van der Waals surface area contributed by atoms with Crippen LogP contribution >= 0.6 is 15.9 Å². The van der Waals surface area contributed by atoms with E-state index in [9.17, 15) is 9.18 Å². The first-order valence-electron chi connectivity index (χ1n) is 6.01. The summed E-state index contributed by atoms with van der Waals surface area (Å²) in [5.74, 6) is -0.431. The third-order valence-electron chi connectivity index (χ3n) is 2.50. The Morgan fingerprint density at radius 1 is 1.50 bits per heavy atom. The van der Waals surface area contributed by atoms with Gasteiger partial charge in [-0.1, -0.05) is 13.3 Å². The molecule has 0 aliphatic rings. The highest BCUT2D eigenvalue weighted by Crippen LogP contribution is 2.18. The lowest BCUT2D eigenvalue weighted by Crippen LogP contribution is -2.36. The van der Waals surface area contributed by atoms with Crippen molar-refractivity contribution in [3.05, 3.63) is 28.5 Å². The van der Waals surface area contributed by atoms with E-state index in [0.29, 0.717) is 10.2 Å². The number of carbonyl (C=O) groups excluding carboxylic acids is 1. The van der Waals surface area contributed by atoms with E-state index < -0.39 is 0 Å². The molecule has 1 unspecified atom stereocenters. The summed E-state index contributed by atoms with van der Waals surface area (Å²) in [4.78, 5) is 11.6. The van der Waals surface area contributed by atoms with Crippen LogP contribution in [0.1, 0.15) is 26.7 Å². The molecule has 1 aromatic rings. The van der Waals surface area contributed by atoms with Gasteiger partial charge in [-0.2, -0.15) is 0 Å². The number of nitrogens with one attached hydrogen (secondary N) is 2. The summed E-state index contributed by atoms with van der Waals surface area (Å²) < 4.78 is 13.6. The van der Waals surface area contributed by atoms with Gasteiger partial charge < -0.3 is 10.6 Å². The molecule has 0 spiro atoms. The molecule has 0 saturated carbocycles. The van der Waals surface area contributed by atoms with E-state index in [4.69, 9.17) is 0 Å². The van der Waals surface area contributed by atoms with Crippen molar-refractivity contribution in [2.24, 2.45) is 0 Å². The quantitative estimate of drug-likeness (QED) is 0.845. The van der Waals surface area contributed by atoms with E-state index >= 15 is 0 Å². The Bertz CT molecular complexity index is 412. The van der Waals surface area contributed by atoms with Gasteiger partial charge in [0.25, 0.3) is 0 Å². The molecule has 0 aliphatic carbocycles. The molecular formula is C13H18BrFN2O. The fourth-order valence-corrected chi connectivity index (χ4v) is 1.87. The average Bonchev–Trinajstić information content (AvgIpc) is 2.31. The number of hydrogen-bond donors (Lipinski definition) is 2. The molecule has 0 radical (unpaired) electrons. The molecule has 0 bridgehead atoms. The molecule has 1 atom stereocenters. The fraction of sp³-hybridized carbons (Fsp3) is 0.462. The minimum absolute atomic E-state index is 0.0840. The van der Waals surface area contributed by atoms with Crippen LogP contribution in [0, 0.1) is 5.82 Å². The first-order valence-corrected chi connectivity index (χ1v) is 6.80. The van der Waals surface area contributed by atoms with Gasteiger partial charge in [-0.05, 0) is 47.5 Å². The summed E-state index contributed by atoms with van der Waals surface area (Å²) in [5.41, 5.74) is 0.592. The van der Waals surface area contributed by atoms with Gasteiger partial charge in [-0.3, -0.25) is 4.79 Å². The zero-order valence-electron chi connectivity index (χ0n) is 10.6. The second kappa shape index (κ2) is 7.36. The number of rotatable bonds is 6. The number of carbonyl (C=O) groups is 1. The third-order valence-corrected chi connectivity index (χ3v) is 3.14. The molecule has 0 heterocycles. The van der Waals surface area contributed by atoms with E-state index in [1.165, 1.54) is 6.07 Å². The number of benzene rings is 1. The fourth-order valence-electron chi connectivity index (χ4n) is 1.62. The second-order valence-corrected chi connectivity index (χ2v) is 5.09. The van der Waals surface area contributed by atoms with E-state index in [-0.39, 0.29) is 24.3 Å². The smallest absolute Gasteiger partial charge is 0.239 e.